The molecule has 6 N–H and O–H groups in total. The molecular weight excluding hydrogens is 514 g/mol. The molecule has 0 saturated carbocycles. The number of nitrogens with two attached hydrogens (primary N) is 2. The van der Waals surface area contributed by atoms with Gasteiger partial charge < -0.3 is 21.4 Å². The number of nitrogen functional groups attached to an aromatic ring is 2. The van der Waals surface area contributed by atoms with Crippen LogP contribution in [0.1, 0.15) is 21.6 Å². The number of nitrogens with zero attached hydrogens (tertiary/aromatic N) is 1. The van der Waals surface area contributed by atoms with E-state index in [1.165, 1.54) is 0 Å². The largest absolute Gasteiger partial charge is 0.399 e. The van der Waals surface area contributed by atoms with Crippen molar-refractivity contribution in [1.82, 2.24) is 4.57 Å². The van der Waals surface area contributed by atoms with E-state index < -0.39 is 0 Å². The molecule has 6 nitrogen and oxygen atoms in total. The maximum atomic E-state index is 13.6. The third-order valence-corrected chi connectivity index (χ3v) is 7.82. The average Bonchev–Trinajstić information content (AvgIpc) is 3.32. The van der Waals surface area contributed by atoms with Gasteiger partial charge in [0.15, 0.2) is 0 Å². The van der Waals surface area contributed by atoms with Gasteiger partial charge in [0, 0.05) is 44.2 Å². The molecule has 0 fully saturated rings. The normalized spacial score (nSPS) is 11.1. The molecule has 0 bridgehead atoms. The van der Waals surface area contributed by atoms with Crippen LogP contribution in [0.15, 0.2) is 125 Å². The molecule has 0 aliphatic rings. The first-order valence-electron chi connectivity index (χ1n) is 12.8. The first-order chi connectivity index (χ1) is 19.4. The number of nitrogens with one attached hydrogen (secondary N) is 2. The maximum absolute atomic E-state index is 13.6. The molecule has 0 spiro atoms. The Morgan fingerprint density at radius 3 is 2.33 bits per heavy atom. The van der Waals surface area contributed by atoms with Gasteiger partial charge in [-0.05, 0) is 77.0 Å². The molecule has 0 unspecified atom stereocenters. The highest BCUT2D eigenvalue weighted by Gasteiger charge is 2.18. The molecule has 0 saturated heterocycles. The number of amidine groups is 1. The summed E-state index contributed by atoms with van der Waals surface area (Å²) in [6.45, 7) is 0.457. The van der Waals surface area contributed by atoms with Crippen LogP contribution in [0.3, 0.4) is 0 Å². The number of hydrogen-bond donors (Lipinski definition) is 4. The number of carbonyl (C=O) groups is 1. The summed E-state index contributed by atoms with van der Waals surface area (Å²) in [7, 11) is 0. The highest BCUT2D eigenvalue weighted by molar-refractivity contribution is 7.99. The van der Waals surface area contributed by atoms with Gasteiger partial charge in [0.1, 0.15) is 11.5 Å². The summed E-state index contributed by atoms with van der Waals surface area (Å²) >= 11 is 1.71. The number of rotatable bonds is 7. The number of fused-ring (bicyclic) bond motifs is 2. The van der Waals surface area contributed by atoms with Crippen molar-refractivity contribution in [2.75, 3.05) is 11.1 Å². The lowest BCUT2D eigenvalue weighted by Gasteiger charge is -2.15. The first-order valence-corrected chi connectivity index (χ1v) is 13.7. The van der Waals surface area contributed by atoms with E-state index in [1.807, 2.05) is 59.2 Å². The summed E-state index contributed by atoms with van der Waals surface area (Å²) in [5, 5.41) is 14.1. The molecule has 5 aromatic carbocycles. The number of amides is 1. The monoisotopic (exact) mass is 541 g/mol. The van der Waals surface area contributed by atoms with Gasteiger partial charge in [0.25, 0.3) is 5.91 Å². The van der Waals surface area contributed by atoms with Crippen molar-refractivity contribution in [2.24, 2.45) is 5.73 Å². The lowest BCUT2D eigenvalue weighted by atomic mass is 10.0. The predicted octanol–water partition coefficient (Wildman–Crippen LogP) is 7.11. The van der Waals surface area contributed by atoms with Gasteiger partial charge in [-0.3, -0.25) is 10.2 Å². The topological polar surface area (TPSA) is 110 Å². The van der Waals surface area contributed by atoms with Gasteiger partial charge in [-0.25, -0.2) is 0 Å². The fourth-order valence-corrected chi connectivity index (χ4v) is 5.84. The Bertz CT molecular complexity index is 1880. The molecule has 196 valence electrons. The van der Waals surface area contributed by atoms with Gasteiger partial charge in [0.05, 0.1) is 0 Å². The fraction of sp³-hybridized carbons (Fsp3) is 0.0303. The van der Waals surface area contributed by atoms with Crippen molar-refractivity contribution in [3.8, 4) is 0 Å². The van der Waals surface area contributed by atoms with Crippen molar-refractivity contribution in [1.29, 1.82) is 5.41 Å². The van der Waals surface area contributed by atoms with Crippen LogP contribution in [0.5, 0.6) is 0 Å². The highest BCUT2D eigenvalue weighted by atomic mass is 32.2. The number of benzene rings is 5. The molecule has 0 radical (unpaired) electrons. The summed E-state index contributed by atoms with van der Waals surface area (Å²) in [6, 6.07) is 37.5. The molecule has 6 aromatic rings. The van der Waals surface area contributed by atoms with Gasteiger partial charge in [-0.2, -0.15) is 0 Å². The zero-order valence-corrected chi connectivity index (χ0v) is 22.4. The van der Waals surface area contributed by atoms with Crippen LogP contribution in [0.25, 0.3) is 21.7 Å². The standard InChI is InChI=1S/C33H27N5OS/c34-25-12-14-26(15-13-25)37-33(39)31-18-22-10-11-23(32(35)36)19-30(22)38(31)20-24-17-28(40-27-7-2-1-3-8-27)16-21-6-4-5-9-29(21)24/h1-19H,20,34H2,(H3,35,36)(H,37,39). The van der Waals surface area contributed by atoms with Crippen LogP contribution in [0, 0.1) is 5.41 Å². The van der Waals surface area contributed by atoms with Crippen molar-refractivity contribution < 1.29 is 4.79 Å². The van der Waals surface area contributed by atoms with Crippen molar-refractivity contribution in [3.05, 3.63) is 132 Å². The molecule has 0 aliphatic heterocycles. The van der Waals surface area contributed by atoms with Crippen LogP contribution >= 0.6 is 11.8 Å². The van der Waals surface area contributed by atoms with Crippen LogP contribution in [0.2, 0.25) is 0 Å². The lowest BCUT2D eigenvalue weighted by Crippen LogP contribution is -2.18. The minimum Gasteiger partial charge on any atom is -0.399 e. The Labute approximate surface area is 236 Å². The third kappa shape index (κ3) is 5.15. The van der Waals surface area contributed by atoms with Crippen LogP contribution in [0.4, 0.5) is 11.4 Å². The molecule has 1 aromatic heterocycles. The van der Waals surface area contributed by atoms with E-state index in [9.17, 15) is 4.79 Å². The molecule has 40 heavy (non-hydrogen) atoms. The Hall–Kier alpha value is -5.01. The molecule has 1 amide bonds. The number of anilines is 2. The Kier molecular flexibility index (Phi) is 6.72. The van der Waals surface area contributed by atoms with Crippen LogP contribution < -0.4 is 16.8 Å². The molecule has 0 aliphatic carbocycles. The van der Waals surface area contributed by atoms with E-state index in [0.29, 0.717) is 29.2 Å². The molecule has 1 heterocycles. The van der Waals surface area contributed by atoms with Gasteiger partial charge in [0.2, 0.25) is 0 Å². The minimum absolute atomic E-state index is 0.0192. The van der Waals surface area contributed by atoms with Gasteiger partial charge in [-0.1, -0.05) is 66.4 Å². The summed E-state index contributed by atoms with van der Waals surface area (Å²) in [5.41, 5.74) is 16.0. The number of carbonyl (C=O) groups excluding carboxylic acids is 1. The van der Waals surface area contributed by atoms with Gasteiger partial charge in [-0.15, -0.1) is 0 Å². The number of aromatic nitrogens is 1. The molecule has 6 rings (SSSR count). The summed E-state index contributed by atoms with van der Waals surface area (Å²) in [5.74, 6) is -0.251. The Morgan fingerprint density at radius 2 is 1.55 bits per heavy atom. The fourth-order valence-electron chi connectivity index (χ4n) is 4.89. The van der Waals surface area contributed by atoms with Crippen molar-refractivity contribution in [3.63, 3.8) is 0 Å². The minimum atomic E-state index is -0.232. The summed E-state index contributed by atoms with van der Waals surface area (Å²) < 4.78 is 2.01. The van der Waals surface area contributed by atoms with E-state index in [-0.39, 0.29) is 11.7 Å². The Morgan fingerprint density at radius 1 is 0.800 bits per heavy atom. The zero-order valence-electron chi connectivity index (χ0n) is 21.6. The number of hydrogen-bond acceptors (Lipinski definition) is 4. The average molecular weight is 542 g/mol. The van der Waals surface area contributed by atoms with E-state index in [0.717, 1.165) is 37.0 Å². The SMILES string of the molecule is N=C(N)c1ccc2cc(C(=O)Nc3ccc(N)cc3)n(Cc3cc(Sc4ccccc4)cc4ccccc34)c2c1. The lowest BCUT2D eigenvalue weighted by molar-refractivity contribution is 0.101. The first kappa shape index (κ1) is 25.3. The second kappa shape index (κ2) is 10.6. The molecular formula is C33H27N5OS. The molecule has 7 heteroatoms. The predicted molar refractivity (Wildman–Crippen MR) is 165 cm³/mol. The van der Waals surface area contributed by atoms with Crippen molar-refractivity contribution >= 4 is 56.6 Å². The van der Waals surface area contributed by atoms with E-state index >= 15 is 0 Å². The maximum Gasteiger partial charge on any atom is 0.272 e. The van der Waals surface area contributed by atoms with E-state index in [1.54, 1.807) is 36.0 Å². The van der Waals surface area contributed by atoms with Crippen molar-refractivity contribution in [2.45, 2.75) is 16.3 Å². The summed E-state index contributed by atoms with van der Waals surface area (Å²) in [4.78, 5) is 15.9. The van der Waals surface area contributed by atoms with Gasteiger partial charge >= 0.3 is 0 Å². The van der Waals surface area contributed by atoms with Crippen LogP contribution in [-0.2, 0) is 6.54 Å². The summed E-state index contributed by atoms with van der Waals surface area (Å²) in [6.07, 6.45) is 0. The van der Waals surface area contributed by atoms with Crippen LogP contribution in [-0.4, -0.2) is 16.3 Å². The highest BCUT2D eigenvalue weighted by Crippen LogP contribution is 2.33. The van der Waals surface area contributed by atoms with E-state index in [2.05, 4.69) is 41.7 Å². The molecule has 0 atom stereocenters. The Balaban J connectivity index is 1.47. The van der Waals surface area contributed by atoms with E-state index in [4.69, 9.17) is 16.9 Å². The quantitative estimate of drug-likeness (QED) is 0.0980. The second-order valence-electron chi connectivity index (χ2n) is 9.60. The zero-order chi connectivity index (χ0) is 27.6. The third-order valence-electron chi connectivity index (χ3n) is 6.84. The smallest absolute Gasteiger partial charge is 0.272 e. The second-order valence-corrected chi connectivity index (χ2v) is 10.7.